The molecule has 0 aromatic heterocycles. The van der Waals surface area contributed by atoms with Crippen LogP contribution in [0.25, 0.3) is 11.1 Å². The molecule has 2 amide bonds. The second-order valence-corrected chi connectivity index (χ2v) is 6.85. The van der Waals surface area contributed by atoms with Crippen LogP contribution in [0.1, 0.15) is 33.0 Å². The summed E-state index contributed by atoms with van der Waals surface area (Å²) in [7, 11) is 0. The Labute approximate surface area is 168 Å². The van der Waals surface area contributed by atoms with Gasteiger partial charge < -0.3 is 10.1 Å². The van der Waals surface area contributed by atoms with Gasteiger partial charge >= 0.3 is 6.09 Å². The number of ether oxygens (including phenoxy) is 1. The summed E-state index contributed by atoms with van der Waals surface area (Å²) in [6.45, 7) is 0.512. The Kier molecular flexibility index (Phi) is 5.27. The van der Waals surface area contributed by atoms with E-state index in [1.54, 1.807) is 18.2 Å². The molecule has 0 unspecified atom stereocenters. The predicted molar refractivity (Wildman–Crippen MR) is 110 cm³/mol. The van der Waals surface area contributed by atoms with E-state index >= 15 is 0 Å². The van der Waals surface area contributed by atoms with Crippen LogP contribution in [0.15, 0.2) is 72.8 Å². The fourth-order valence-electron chi connectivity index (χ4n) is 3.73. The Hall–Kier alpha value is -3.64. The standard InChI is InChI=1S/C23H21N3O3/c24-26-22(27)16-7-5-6-15(12-16)13-25-23(28)29-14-21-19-10-3-1-8-17(19)18-9-2-4-11-20(18)21/h1-12,21H,13-14,24H2,(H,25,28)(H,26,27). The van der Waals surface area contributed by atoms with Gasteiger partial charge in [0.25, 0.3) is 5.91 Å². The molecular formula is C23H21N3O3. The largest absolute Gasteiger partial charge is 0.449 e. The number of hydrogen-bond donors (Lipinski definition) is 3. The number of alkyl carbamates (subject to hydrolysis) is 1. The van der Waals surface area contributed by atoms with Gasteiger partial charge in [-0.15, -0.1) is 0 Å². The lowest BCUT2D eigenvalue weighted by Crippen LogP contribution is -2.30. The first-order valence-electron chi connectivity index (χ1n) is 9.36. The average Bonchev–Trinajstić information content (AvgIpc) is 3.09. The van der Waals surface area contributed by atoms with Gasteiger partial charge in [0.1, 0.15) is 6.61 Å². The van der Waals surface area contributed by atoms with Gasteiger partial charge in [-0.2, -0.15) is 0 Å². The zero-order valence-electron chi connectivity index (χ0n) is 15.7. The molecule has 0 saturated heterocycles. The van der Waals surface area contributed by atoms with Gasteiger partial charge in [0.15, 0.2) is 0 Å². The SMILES string of the molecule is NNC(=O)c1cccc(CNC(=O)OCC2c3ccccc3-c3ccccc32)c1. The van der Waals surface area contributed by atoms with Crippen molar-refractivity contribution in [1.29, 1.82) is 0 Å². The van der Waals surface area contributed by atoms with Crippen molar-refractivity contribution in [1.82, 2.24) is 10.7 Å². The number of hydrazine groups is 1. The van der Waals surface area contributed by atoms with E-state index in [9.17, 15) is 9.59 Å². The van der Waals surface area contributed by atoms with Crippen LogP contribution in [0.2, 0.25) is 0 Å². The summed E-state index contributed by atoms with van der Waals surface area (Å²) in [6.07, 6.45) is -0.499. The monoisotopic (exact) mass is 387 g/mol. The molecule has 1 aliphatic rings. The summed E-state index contributed by atoms with van der Waals surface area (Å²) in [5, 5.41) is 2.73. The highest BCUT2D eigenvalue weighted by Gasteiger charge is 2.28. The zero-order valence-corrected chi connectivity index (χ0v) is 15.7. The van der Waals surface area contributed by atoms with Crippen molar-refractivity contribution in [2.45, 2.75) is 12.5 Å². The van der Waals surface area contributed by atoms with E-state index in [2.05, 4.69) is 35.0 Å². The summed E-state index contributed by atoms with van der Waals surface area (Å²) in [6, 6.07) is 23.3. The fourth-order valence-corrected chi connectivity index (χ4v) is 3.73. The van der Waals surface area contributed by atoms with Crippen LogP contribution in [-0.4, -0.2) is 18.6 Å². The van der Waals surface area contributed by atoms with Gasteiger partial charge in [-0.25, -0.2) is 10.6 Å². The topological polar surface area (TPSA) is 93.5 Å². The molecule has 0 spiro atoms. The minimum Gasteiger partial charge on any atom is -0.449 e. The molecule has 3 aromatic rings. The summed E-state index contributed by atoms with van der Waals surface area (Å²) >= 11 is 0. The maximum atomic E-state index is 12.2. The van der Waals surface area contributed by atoms with E-state index in [0.717, 1.165) is 5.56 Å². The minimum atomic E-state index is -0.499. The molecule has 6 nitrogen and oxygen atoms in total. The highest BCUT2D eigenvalue weighted by atomic mass is 16.5. The average molecular weight is 387 g/mol. The molecule has 0 aliphatic heterocycles. The number of amides is 2. The van der Waals surface area contributed by atoms with Crippen LogP contribution in [0.3, 0.4) is 0 Å². The van der Waals surface area contributed by atoms with Crippen molar-refractivity contribution in [2.75, 3.05) is 6.61 Å². The summed E-state index contributed by atoms with van der Waals surface area (Å²) in [5.41, 5.74) is 8.01. The molecular weight excluding hydrogens is 366 g/mol. The van der Waals surface area contributed by atoms with Gasteiger partial charge in [-0.3, -0.25) is 10.2 Å². The van der Waals surface area contributed by atoms with Gasteiger partial charge in [-0.05, 0) is 39.9 Å². The van der Waals surface area contributed by atoms with Crippen LogP contribution in [0.4, 0.5) is 4.79 Å². The molecule has 0 heterocycles. The molecule has 1 aliphatic carbocycles. The highest BCUT2D eigenvalue weighted by Crippen LogP contribution is 2.44. The maximum absolute atomic E-state index is 12.2. The molecule has 4 rings (SSSR count). The third-order valence-corrected chi connectivity index (χ3v) is 5.10. The van der Waals surface area contributed by atoms with Gasteiger partial charge in [0, 0.05) is 18.0 Å². The lowest BCUT2D eigenvalue weighted by atomic mass is 9.98. The van der Waals surface area contributed by atoms with E-state index in [4.69, 9.17) is 10.6 Å². The number of hydrogen-bond acceptors (Lipinski definition) is 4. The quantitative estimate of drug-likeness (QED) is 0.356. The van der Waals surface area contributed by atoms with Crippen molar-refractivity contribution in [3.63, 3.8) is 0 Å². The number of rotatable bonds is 5. The van der Waals surface area contributed by atoms with Crippen LogP contribution in [0, 0.1) is 0 Å². The van der Waals surface area contributed by atoms with Crippen LogP contribution in [0.5, 0.6) is 0 Å². The maximum Gasteiger partial charge on any atom is 0.407 e. The molecule has 29 heavy (non-hydrogen) atoms. The number of fused-ring (bicyclic) bond motifs is 3. The van der Waals surface area contributed by atoms with E-state index in [1.165, 1.54) is 22.3 Å². The normalized spacial score (nSPS) is 12.0. The first-order valence-corrected chi connectivity index (χ1v) is 9.36. The minimum absolute atomic E-state index is 0.0183. The molecule has 0 radical (unpaired) electrons. The van der Waals surface area contributed by atoms with Crippen LogP contribution >= 0.6 is 0 Å². The lowest BCUT2D eigenvalue weighted by molar-refractivity contribution is 0.0953. The number of nitrogens with two attached hydrogens (primary N) is 1. The Bertz CT molecular complexity index is 1020. The molecule has 4 N–H and O–H groups in total. The van der Waals surface area contributed by atoms with Crippen molar-refractivity contribution in [2.24, 2.45) is 5.84 Å². The number of benzene rings is 3. The molecule has 146 valence electrons. The fraction of sp³-hybridized carbons (Fsp3) is 0.130. The van der Waals surface area contributed by atoms with Crippen LogP contribution in [-0.2, 0) is 11.3 Å². The molecule has 0 atom stereocenters. The third-order valence-electron chi connectivity index (χ3n) is 5.10. The zero-order chi connectivity index (χ0) is 20.2. The molecule has 0 saturated carbocycles. The van der Waals surface area contributed by atoms with Gasteiger partial charge in [0.2, 0.25) is 0 Å². The number of nitrogens with one attached hydrogen (secondary N) is 2. The smallest absolute Gasteiger partial charge is 0.407 e. The van der Waals surface area contributed by atoms with E-state index in [-0.39, 0.29) is 25.0 Å². The molecule has 3 aromatic carbocycles. The summed E-state index contributed by atoms with van der Waals surface area (Å²) in [5.74, 6) is 4.79. The van der Waals surface area contributed by atoms with Crippen molar-refractivity contribution < 1.29 is 14.3 Å². The Morgan fingerprint density at radius 3 is 2.21 bits per heavy atom. The molecule has 0 bridgehead atoms. The number of nitrogen functional groups attached to an aromatic ring is 1. The van der Waals surface area contributed by atoms with Crippen molar-refractivity contribution >= 4 is 12.0 Å². The predicted octanol–water partition coefficient (Wildman–Crippen LogP) is 3.33. The number of carbonyl (C=O) groups excluding carboxylic acids is 2. The van der Waals surface area contributed by atoms with Crippen molar-refractivity contribution in [3.8, 4) is 11.1 Å². The Balaban J connectivity index is 1.39. The summed E-state index contributed by atoms with van der Waals surface area (Å²) < 4.78 is 5.51. The van der Waals surface area contributed by atoms with Crippen molar-refractivity contribution in [3.05, 3.63) is 95.1 Å². The second kappa shape index (κ2) is 8.16. The number of carbonyl (C=O) groups is 2. The summed E-state index contributed by atoms with van der Waals surface area (Å²) in [4.78, 5) is 23.8. The van der Waals surface area contributed by atoms with Gasteiger partial charge in [-0.1, -0.05) is 60.7 Å². The first-order chi connectivity index (χ1) is 14.2. The molecule has 6 heteroatoms. The second-order valence-electron chi connectivity index (χ2n) is 6.85. The third kappa shape index (κ3) is 3.83. The highest BCUT2D eigenvalue weighted by molar-refractivity contribution is 5.93. The van der Waals surface area contributed by atoms with E-state index in [0.29, 0.717) is 5.56 Å². The van der Waals surface area contributed by atoms with E-state index in [1.807, 2.05) is 30.3 Å². The van der Waals surface area contributed by atoms with Crippen LogP contribution < -0.4 is 16.6 Å². The Morgan fingerprint density at radius 2 is 1.55 bits per heavy atom. The van der Waals surface area contributed by atoms with Gasteiger partial charge in [0.05, 0.1) is 0 Å². The Morgan fingerprint density at radius 1 is 0.897 bits per heavy atom. The molecule has 0 fully saturated rings. The lowest BCUT2D eigenvalue weighted by Gasteiger charge is -2.14. The van der Waals surface area contributed by atoms with E-state index < -0.39 is 6.09 Å². The first kappa shape index (κ1) is 18.7.